The van der Waals surface area contributed by atoms with E-state index < -0.39 is 5.97 Å². The highest BCUT2D eigenvalue weighted by atomic mass is 16.5. The lowest BCUT2D eigenvalue weighted by Crippen LogP contribution is -2.20. The van der Waals surface area contributed by atoms with E-state index >= 15 is 0 Å². The summed E-state index contributed by atoms with van der Waals surface area (Å²) in [6.07, 6.45) is 5.70. The van der Waals surface area contributed by atoms with Gasteiger partial charge in [-0.2, -0.15) is 0 Å². The Labute approximate surface area is 99.0 Å². The second-order valence-corrected chi connectivity index (χ2v) is 3.98. The first-order valence-electron chi connectivity index (χ1n) is 5.65. The van der Waals surface area contributed by atoms with Crippen LogP contribution in [0.1, 0.15) is 29.8 Å². The molecule has 17 heavy (non-hydrogen) atoms. The Morgan fingerprint density at radius 3 is 2.94 bits per heavy atom. The Morgan fingerprint density at radius 1 is 1.35 bits per heavy atom. The number of aromatic carboxylic acids is 1. The number of nitrogens with zero attached hydrogens (tertiary/aromatic N) is 2. The van der Waals surface area contributed by atoms with Gasteiger partial charge in [0.15, 0.2) is 5.69 Å². The van der Waals surface area contributed by atoms with Crippen molar-refractivity contribution >= 4 is 11.8 Å². The van der Waals surface area contributed by atoms with E-state index in [1.807, 2.05) is 0 Å². The zero-order chi connectivity index (χ0) is 12.1. The van der Waals surface area contributed by atoms with Crippen LogP contribution in [0, 0.1) is 0 Å². The molecule has 2 heterocycles. The number of carboxylic acid groups (broad SMARTS) is 1. The van der Waals surface area contributed by atoms with Crippen LogP contribution in [0.4, 0.5) is 5.82 Å². The number of nitrogens with one attached hydrogen (secondary N) is 1. The molecule has 0 radical (unpaired) electrons. The molecule has 1 aliphatic rings. The van der Waals surface area contributed by atoms with E-state index in [2.05, 4.69) is 15.3 Å². The number of anilines is 1. The fraction of sp³-hybridized carbons (Fsp3) is 0.545. The van der Waals surface area contributed by atoms with Gasteiger partial charge in [0.1, 0.15) is 5.82 Å². The van der Waals surface area contributed by atoms with Crippen LogP contribution in [-0.2, 0) is 4.74 Å². The van der Waals surface area contributed by atoms with Crippen LogP contribution >= 0.6 is 0 Å². The minimum absolute atomic E-state index is 0.0419. The van der Waals surface area contributed by atoms with Crippen molar-refractivity contribution in [2.45, 2.75) is 25.3 Å². The van der Waals surface area contributed by atoms with Crippen LogP contribution in [0.3, 0.4) is 0 Å². The molecule has 6 nitrogen and oxygen atoms in total. The van der Waals surface area contributed by atoms with Crippen LogP contribution in [0.5, 0.6) is 0 Å². The van der Waals surface area contributed by atoms with E-state index in [9.17, 15) is 4.79 Å². The van der Waals surface area contributed by atoms with Crippen molar-refractivity contribution in [3.63, 3.8) is 0 Å². The monoisotopic (exact) mass is 237 g/mol. The molecule has 1 saturated heterocycles. The molecule has 2 rings (SSSR count). The van der Waals surface area contributed by atoms with Gasteiger partial charge in [0, 0.05) is 19.3 Å². The summed E-state index contributed by atoms with van der Waals surface area (Å²) in [6.45, 7) is 1.56. The van der Waals surface area contributed by atoms with Gasteiger partial charge in [-0.15, -0.1) is 0 Å². The summed E-state index contributed by atoms with van der Waals surface area (Å²) in [6, 6.07) is 0.322. The fourth-order valence-corrected chi connectivity index (χ4v) is 1.77. The van der Waals surface area contributed by atoms with E-state index in [0.29, 0.717) is 11.9 Å². The Bertz CT molecular complexity index is 372. The highest BCUT2D eigenvalue weighted by Gasteiger charge is 2.13. The maximum absolute atomic E-state index is 10.6. The molecule has 0 saturated carbocycles. The van der Waals surface area contributed by atoms with Crippen LogP contribution in [0.2, 0.25) is 0 Å². The largest absolute Gasteiger partial charge is 0.476 e. The number of carboxylic acids is 1. The van der Waals surface area contributed by atoms with Gasteiger partial charge in [0.05, 0.1) is 12.4 Å². The van der Waals surface area contributed by atoms with Crippen molar-refractivity contribution in [3.05, 3.63) is 18.1 Å². The number of ether oxygens (including phenoxy) is 1. The van der Waals surface area contributed by atoms with Crippen molar-refractivity contribution in [2.24, 2.45) is 0 Å². The van der Waals surface area contributed by atoms with E-state index in [1.54, 1.807) is 0 Å². The van der Waals surface area contributed by atoms with Crippen molar-refractivity contribution in [3.8, 4) is 0 Å². The highest BCUT2D eigenvalue weighted by molar-refractivity contribution is 5.84. The molecule has 1 unspecified atom stereocenters. The maximum atomic E-state index is 10.6. The summed E-state index contributed by atoms with van der Waals surface area (Å²) in [7, 11) is 0. The molecule has 1 fully saturated rings. The third-order valence-electron chi connectivity index (χ3n) is 2.67. The predicted molar refractivity (Wildman–Crippen MR) is 61.1 cm³/mol. The number of hydrogen-bond acceptors (Lipinski definition) is 5. The topological polar surface area (TPSA) is 84.3 Å². The Morgan fingerprint density at radius 2 is 2.24 bits per heavy atom. The molecule has 1 aromatic heterocycles. The summed E-state index contributed by atoms with van der Waals surface area (Å²) < 4.78 is 5.36. The van der Waals surface area contributed by atoms with Gasteiger partial charge in [-0.3, -0.25) is 0 Å². The fourth-order valence-electron chi connectivity index (χ4n) is 1.77. The van der Waals surface area contributed by atoms with Crippen LogP contribution in [-0.4, -0.2) is 40.3 Å². The molecule has 1 aromatic rings. The first-order valence-corrected chi connectivity index (χ1v) is 5.65. The van der Waals surface area contributed by atoms with Gasteiger partial charge in [-0.25, -0.2) is 14.8 Å². The molecule has 0 amide bonds. The highest BCUT2D eigenvalue weighted by Crippen LogP contribution is 2.13. The lowest BCUT2D eigenvalue weighted by molar-refractivity contribution is 0.0690. The van der Waals surface area contributed by atoms with Crippen molar-refractivity contribution in [2.75, 3.05) is 18.5 Å². The van der Waals surface area contributed by atoms with Gasteiger partial charge < -0.3 is 15.2 Å². The normalized spacial score (nSPS) is 20.6. The average Bonchev–Trinajstić information content (AvgIpc) is 2.58. The van der Waals surface area contributed by atoms with Crippen LogP contribution < -0.4 is 5.32 Å². The van der Waals surface area contributed by atoms with Gasteiger partial charge in [0.25, 0.3) is 0 Å². The summed E-state index contributed by atoms with van der Waals surface area (Å²) >= 11 is 0. The summed E-state index contributed by atoms with van der Waals surface area (Å²) in [5, 5.41) is 11.9. The third-order valence-corrected chi connectivity index (χ3v) is 2.67. The molecule has 2 N–H and O–H groups in total. The predicted octanol–water partition coefficient (Wildman–Crippen LogP) is 1.16. The summed E-state index contributed by atoms with van der Waals surface area (Å²) in [4.78, 5) is 18.4. The van der Waals surface area contributed by atoms with Crippen molar-refractivity contribution in [1.29, 1.82) is 0 Å². The Hall–Kier alpha value is -1.69. The molecule has 1 aliphatic heterocycles. The second kappa shape index (κ2) is 5.58. The third kappa shape index (κ3) is 3.39. The SMILES string of the molecule is O=C(O)c1cnc(NC2CCCOCC2)cn1. The van der Waals surface area contributed by atoms with E-state index in [0.717, 1.165) is 32.5 Å². The van der Waals surface area contributed by atoms with Gasteiger partial charge in [-0.05, 0) is 19.3 Å². The maximum Gasteiger partial charge on any atom is 0.356 e. The lowest BCUT2D eigenvalue weighted by Gasteiger charge is -2.15. The van der Waals surface area contributed by atoms with Gasteiger partial charge in [-0.1, -0.05) is 0 Å². The van der Waals surface area contributed by atoms with Crippen LogP contribution in [0.15, 0.2) is 12.4 Å². The lowest BCUT2D eigenvalue weighted by atomic mass is 10.1. The van der Waals surface area contributed by atoms with E-state index in [-0.39, 0.29) is 5.69 Å². The standard InChI is InChI=1S/C11H15N3O3/c15-11(16)9-6-13-10(7-12-9)14-8-2-1-4-17-5-3-8/h6-8H,1-5H2,(H,13,14)(H,15,16). The van der Waals surface area contributed by atoms with E-state index in [4.69, 9.17) is 9.84 Å². The van der Waals surface area contributed by atoms with Gasteiger partial charge in [0.2, 0.25) is 0 Å². The quantitative estimate of drug-likeness (QED) is 0.820. The number of rotatable bonds is 3. The van der Waals surface area contributed by atoms with E-state index in [1.165, 1.54) is 12.4 Å². The zero-order valence-corrected chi connectivity index (χ0v) is 9.43. The second-order valence-electron chi connectivity index (χ2n) is 3.98. The molecule has 0 aliphatic carbocycles. The molecular weight excluding hydrogens is 222 g/mol. The molecule has 0 aromatic carbocycles. The smallest absolute Gasteiger partial charge is 0.356 e. The molecule has 1 atom stereocenters. The Kier molecular flexibility index (Phi) is 3.87. The summed E-state index contributed by atoms with van der Waals surface area (Å²) in [5.74, 6) is -0.450. The minimum atomic E-state index is -1.06. The molecule has 6 heteroatoms. The van der Waals surface area contributed by atoms with Gasteiger partial charge >= 0.3 is 5.97 Å². The first kappa shape index (κ1) is 11.8. The summed E-state index contributed by atoms with van der Waals surface area (Å²) in [5.41, 5.74) is -0.0419. The Balaban J connectivity index is 1.95. The van der Waals surface area contributed by atoms with Crippen LogP contribution in [0.25, 0.3) is 0 Å². The zero-order valence-electron chi connectivity index (χ0n) is 9.43. The van der Waals surface area contributed by atoms with Crippen molar-refractivity contribution < 1.29 is 14.6 Å². The molecular formula is C11H15N3O3. The minimum Gasteiger partial charge on any atom is -0.476 e. The molecule has 0 spiro atoms. The number of aromatic nitrogens is 2. The average molecular weight is 237 g/mol. The van der Waals surface area contributed by atoms with Crippen molar-refractivity contribution in [1.82, 2.24) is 9.97 Å². The number of hydrogen-bond donors (Lipinski definition) is 2. The first-order chi connectivity index (χ1) is 8.25. The molecule has 0 bridgehead atoms. The molecule has 92 valence electrons. The number of carbonyl (C=O) groups is 1.